The van der Waals surface area contributed by atoms with Gasteiger partial charge in [0.15, 0.2) is 0 Å². The first-order valence-electron chi connectivity index (χ1n) is 3.87. The standard InChI is InChI=1S/C8H15O3P/c1-5(2)4-11-8(10)7(12)6(3)9/h5,7H,4,12H2,1-3H3. The summed E-state index contributed by atoms with van der Waals surface area (Å²) in [6.45, 7) is 5.63. The van der Waals surface area contributed by atoms with Crippen molar-refractivity contribution in [2.24, 2.45) is 5.92 Å². The number of hydrogen-bond acceptors (Lipinski definition) is 3. The van der Waals surface area contributed by atoms with Gasteiger partial charge in [0, 0.05) is 0 Å². The summed E-state index contributed by atoms with van der Waals surface area (Å²) in [5.74, 6) is -0.340. The highest BCUT2D eigenvalue weighted by molar-refractivity contribution is 7.21. The van der Waals surface area contributed by atoms with E-state index in [-0.39, 0.29) is 5.78 Å². The number of Topliss-reactive ketones (excluding diaryl/α,β-unsaturated/α-hetero) is 1. The van der Waals surface area contributed by atoms with Crippen molar-refractivity contribution in [3.8, 4) is 0 Å². The van der Waals surface area contributed by atoms with Gasteiger partial charge in [-0.15, -0.1) is 9.24 Å². The lowest BCUT2D eigenvalue weighted by molar-refractivity contribution is -0.145. The summed E-state index contributed by atoms with van der Waals surface area (Å²) in [5.41, 5.74) is -0.705. The van der Waals surface area contributed by atoms with Gasteiger partial charge in [0.2, 0.25) is 0 Å². The van der Waals surface area contributed by atoms with E-state index in [1.807, 2.05) is 13.8 Å². The fourth-order valence-electron chi connectivity index (χ4n) is 0.505. The van der Waals surface area contributed by atoms with Crippen molar-refractivity contribution in [1.29, 1.82) is 0 Å². The summed E-state index contributed by atoms with van der Waals surface area (Å²) in [6.07, 6.45) is 0. The van der Waals surface area contributed by atoms with E-state index in [9.17, 15) is 9.59 Å². The number of hydrogen-bond donors (Lipinski definition) is 0. The molecule has 0 heterocycles. The first-order chi connectivity index (χ1) is 5.45. The Morgan fingerprint density at radius 3 is 2.25 bits per heavy atom. The molecule has 2 unspecified atom stereocenters. The maximum absolute atomic E-state index is 11.0. The number of carbonyl (C=O) groups is 2. The summed E-state index contributed by atoms with van der Waals surface area (Å²) in [6, 6.07) is 0. The van der Waals surface area contributed by atoms with E-state index < -0.39 is 11.6 Å². The van der Waals surface area contributed by atoms with Crippen LogP contribution < -0.4 is 0 Å². The molecule has 0 radical (unpaired) electrons. The van der Waals surface area contributed by atoms with E-state index in [0.29, 0.717) is 12.5 Å². The second-order valence-electron chi connectivity index (χ2n) is 3.11. The molecule has 0 aromatic heterocycles. The zero-order valence-electron chi connectivity index (χ0n) is 7.66. The Bertz CT molecular complexity index is 177. The van der Waals surface area contributed by atoms with Crippen molar-refractivity contribution in [3.63, 3.8) is 0 Å². The smallest absolute Gasteiger partial charge is 0.320 e. The predicted octanol–water partition coefficient (Wildman–Crippen LogP) is 1.02. The first kappa shape index (κ1) is 11.6. The van der Waals surface area contributed by atoms with Crippen LogP contribution in [-0.2, 0) is 14.3 Å². The van der Waals surface area contributed by atoms with E-state index in [4.69, 9.17) is 4.74 Å². The number of ketones is 1. The van der Waals surface area contributed by atoms with Crippen LogP contribution in [0, 0.1) is 5.92 Å². The molecular weight excluding hydrogens is 175 g/mol. The lowest BCUT2D eigenvalue weighted by Crippen LogP contribution is -2.25. The van der Waals surface area contributed by atoms with Crippen LogP contribution in [-0.4, -0.2) is 24.0 Å². The Labute approximate surface area is 75.1 Å². The largest absolute Gasteiger partial charge is 0.465 e. The average Bonchev–Trinajstić information content (AvgIpc) is 1.98. The minimum atomic E-state index is -0.705. The van der Waals surface area contributed by atoms with Crippen molar-refractivity contribution in [1.82, 2.24) is 0 Å². The molecule has 0 spiro atoms. The van der Waals surface area contributed by atoms with E-state index in [1.54, 1.807) is 0 Å². The summed E-state index contributed by atoms with van der Waals surface area (Å²) in [5, 5.41) is 0. The highest BCUT2D eigenvalue weighted by atomic mass is 31.0. The maximum Gasteiger partial charge on any atom is 0.320 e. The van der Waals surface area contributed by atoms with Gasteiger partial charge in [-0.2, -0.15) is 0 Å². The molecule has 0 fully saturated rings. The van der Waals surface area contributed by atoms with Gasteiger partial charge < -0.3 is 4.74 Å². The summed E-state index contributed by atoms with van der Waals surface area (Å²) in [4.78, 5) is 21.7. The Morgan fingerprint density at radius 2 is 1.92 bits per heavy atom. The molecule has 70 valence electrons. The minimum absolute atomic E-state index is 0.186. The first-order valence-corrected chi connectivity index (χ1v) is 4.54. The molecule has 12 heavy (non-hydrogen) atoms. The van der Waals surface area contributed by atoms with Crippen molar-refractivity contribution < 1.29 is 14.3 Å². The molecule has 0 N–H and O–H groups in total. The number of carbonyl (C=O) groups excluding carboxylic acids is 2. The molecule has 0 aromatic carbocycles. The third kappa shape index (κ3) is 4.45. The molecule has 0 aliphatic heterocycles. The summed E-state index contributed by atoms with van der Waals surface area (Å²) >= 11 is 0. The van der Waals surface area contributed by atoms with Crippen LogP contribution >= 0.6 is 9.24 Å². The lowest BCUT2D eigenvalue weighted by atomic mass is 10.2. The Balaban J connectivity index is 3.80. The second kappa shape index (κ2) is 5.26. The molecule has 0 amide bonds. The van der Waals surface area contributed by atoms with Crippen LogP contribution in [0.15, 0.2) is 0 Å². The molecule has 0 aliphatic rings. The molecule has 0 bridgehead atoms. The normalized spacial score (nSPS) is 12.8. The van der Waals surface area contributed by atoms with Gasteiger partial charge >= 0.3 is 5.97 Å². The Morgan fingerprint density at radius 1 is 1.42 bits per heavy atom. The van der Waals surface area contributed by atoms with Crippen LogP contribution in [0.25, 0.3) is 0 Å². The molecule has 2 atom stereocenters. The lowest BCUT2D eigenvalue weighted by Gasteiger charge is -2.09. The fourth-order valence-corrected chi connectivity index (χ4v) is 0.601. The van der Waals surface area contributed by atoms with Crippen molar-refractivity contribution in [3.05, 3.63) is 0 Å². The Kier molecular flexibility index (Phi) is 5.07. The third-order valence-electron chi connectivity index (χ3n) is 1.25. The average molecular weight is 190 g/mol. The van der Waals surface area contributed by atoms with Crippen LogP contribution in [0.5, 0.6) is 0 Å². The van der Waals surface area contributed by atoms with Gasteiger partial charge in [0.25, 0.3) is 0 Å². The molecule has 0 aliphatic carbocycles. The molecular formula is C8H15O3P. The number of esters is 1. The van der Waals surface area contributed by atoms with Gasteiger partial charge in [-0.25, -0.2) is 0 Å². The minimum Gasteiger partial charge on any atom is -0.465 e. The van der Waals surface area contributed by atoms with Crippen molar-refractivity contribution in [2.45, 2.75) is 26.4 Å². The van der Waals surface area contributed by atoms with E-state index >= 15 is 0 Å². The maximum atomic E-state index is 11.0. The summed E-state index contributed by atoms with van der Waals surface area (Å²) < 4.78 is 4.85. The quantitative estimate of drug-likeness (QED) is 0.377. The predicted molar refractivity (Wildman–Crippen MR) is 50.0 cm³/mol. The third-order valence-corrected chi connectivity index (χ3v) is 1.99. The number of rotatable bonds is 4. The molecule has 4 heteroatoms. The highest BCUT2D eigenvalue weighted by Crippen LogP contribution is 2.05. The molecule has 0 saturated carbocycles. The Hall–Kier alpha value is -0.430. The van der Waals surface area contributed by atoms with Gasteiger partial charge in [-0.05, 0) is 12.8 Å². The van der Waals surface area contributed by atoms with E-state index in [1.165, 1.54) is 6.92 Å². The van der Waals surface area contributed by atoms with Crippen LogP contribution in [0.1, 0.15) is 20.8 Å². The van der Waals surface area contributed by atoms with Crippen LogP contribution in [0.3, 0.4) is 0 Å². The van der Waals surface area contributed by atoms with Crippen molar-refractivity contribution >= 4 is 21.0 Å². The van der Waals surface area contributed by atoms with Gasteiger partial charge in [0.1, 0.15) is 11.4 Å². The van der Waals surface area contributed by atoms with Gasteiger partial charge in [0.05, 0.1) is 6.61 Å². The van der Waals surface area contributed by atoms with E-state index in [0.717, 1.165) is 0 Å². The molecule has 0 saturated heterocycles. The summed E-state index contributed by atoms with van der Waals surface area (Å²) in [7, 11) is 2.17. The topological polar surface area (TPSA) is 43.4 Å². The molecule has 0 aromatic rings. The number of ether oxygens (including phenoxy) is 1. The van der Waals surface area contributed by atoms with Crippen LogP contribution in [0.4, 0.5) is 0 Å². The van der Waals surface area contributed by atoms with Crippen molar-refractivity contribution in [2.75, 3.05) is 6.61 Å². The monoisotopic (exact) mass is 190 g/mol. The van der Waals surface area contributed by atoms with Gasteiger partial charge in [-0.3, -0.25) is 9.59 Å². The second-order valence-corrected chi connectivity index (χ2v) is 3.78. The molecule has 3 nitrogen and oxygen atoms in total. The zero-order valence-corrected chi connectivity index (χ0v) is 8.82. The van der Waals surface area contributed by atoms with E-state index in [2.05, 4.69) is 9.24 Å². The fraction of sp³-hybridized carbons (Fsp3) is 0.750. The molecule has 0 rings (SSSR count). The SMILES string of the molecule is CC(=O)C(P)C(=O)OCC(C)C. The zero-order chi connectivity index (χ0) is 9.72. The van der Waals surface area contributed by atoms with Gasteiger partial charge in [-0.1, -0.05) is 13.8 Å². The highest BCUT2D eigenvalue weighted by Gasteiger charge is 2.19. The van der Waals surface area contributed by atoms with Crippen LogP contribution in [0.2, 0.25) is 0 Å².